The number of nitriles is 2. The predicted octanol–water partition coefficient (Wildman–Crippen LogP) is 9.99. The first kappa shape index (κ1) is 23.8. The molecule has 0 bridgehead atoms. The van der Waals surface area contributed by atoms with Gasteiger partial charge >= 0.3 is 0 Å². The van der Waals surface area contributed by atoms with E-state index < -0.39 is 0 Å². The molecule has 0 aliphatic carbocycles. The van der Waals surface area contributed by atoms with Crippen LogP contribution in [0.4, 0.5) is 0 Å². The Morgan fingerprint density at radius 3 is 1.70 bits per heavy atom. The Kier molecular flexibility index (Phi) is 4.87. The van der Waals surface area contributed by atoms with Crippen molar-refractivity contribution in [2.24, 2.45) is 0 Å². The van der Waals surface area contributed by atoms with Gasteiger partial charge in [-0.15, -0.1) is 11.3 Å². The Balaban J connectivity index is 1.35. The van der Waals surface area contributed by atoms with Crippen LogP contribution in [0.3, 0.4) is 0 Å². The van der Waals surface area contributed by atoms with Gasteiger partial charge in [0.25, 0.3) is 0 Å². The Hall–Kier alpha value is -5.88. The van der Waals surface area contributed by atoms with E-state index in [1.165, 1.54) is 10.8 Å². The monoisotopic (exact) mass is 564 g/mol. The van der Waals surface area contributed by atoms with E-state index in [9.17, 15) is 10.5 Å². The standard InChI is InChI=1S/C38H20N4S/c39-21-23-13-15-36-30(17-23)29-9-3-6-12-35(29)41(36)25-14-16-37-31(19-25)32-20-26(18-24(22-40)38(32)43-37)42-33-10-4-1-7-27(33)28-8-2-5-11-34(28)42/h1-20H. The fraction of sp³-hybridized carbons (Fsp3) is 0. The van der Waals surface area contributed by atoms with E-state index in [0.717, 1.165) is 64.4 Å². The first-order valence-electron chi connectivity index (χ1n) is 14.1. The normalized spacial score (nSPS) is 11.7. The van der Waals surface area contributed by atoms with Gasteiger partial charge in [0.15, 0.2) is 0 Å². The van der Waals surface area contributed by atoms with Gasteiger partial charge in [0.1, 0.15) is 6.07 Å². The van der Waals surface area contributed by atoms with E-state index in [1.807, 2.05) is 30.3 Å². The van der Waals surface area contributed by atoms with Crippen molar-refractivity contribution in [2.45, 2.75) is 0 Å². The number of fused-ring (bicyclic) bond motifs is 9. The van der Waals surface area contributed by atoms with E-state index in [1.54, 1.807) is 11.3 Å². The molecule has 43 heavy (non-hydrogen) atoms. The Morgan fingerprint density at radius 1 is 0.465 bits per heavy atom. The van der Waals surface area contributed by atoms with Crippen LogP contribution in [0, 0.1) is 22.7 Å². The van der Waals surface area contributed by atoms with Gasteiger partial charge in [-0.25, -0.2) is 0 Å². The number of hydrogen-bond donors (Lipinski definition) is 0. The second kappa shape index (κ2) is 8.81. The largest absolute Gasteiger partial charge is 0.309 e. The van der Waals surface area contributed by atoms with E-state index in [4.69, 9.17) is 0 Å². The maximum Gasteiger partial charge on any atom is 0.101 e. The Labute approximate surface area is 250 Å². The average molecular weight is 565 g/mol. The molecule has 4 nitrogen and oxygen atoms in total. The van der Waals surface area contributed by atoms with Crippen LogP contribution >= 0.6 is 11.3 Å². The van der Waals surface area contributed by atoms with Crippen LogP contribution in [0.25, 0.3) is 75.2 Å². The maximum atomic E-state index is 10.3. The topological polar surface area (TPSA) is 57.4 Å². The third kappa shape index (κ3) is 3.29. The molecule has 0 atom stereocenters. The molecule has 0 N–H and O–H groups in total. The smallest absolute Gasteiger partial charge is 0.101 e. The number of aromatic nitrogens is 2. The summed E-state index contributed by atoms with van der Waals surface area (Å²) in [7, 11) is 0. The quantitative estimate of drug-likeness (QED) is 0.210. The summed E-state index contributed by atoms with van der Waals surface area (Å²) in [6.45, 7) is 0. The summed E-state index contributed by atoms with van der Waals surface area (Å²) >= 11 is 1.67. The number of nitrogens with zero attached hydrogens (tertiary/aromatic N) is 4. The highest BCUT2D eigenvalue weighted by Crippen LogP contribution is 2.41. The van der Waals surface area contributed by atoms with Gasteiger partial charge in [-0.2, -0.15) is 10.5 Å². The molecule has 0 spiro atoms. The zero-order valence-electron chi connectivity index (χ0n) is 22.7. The Morgan fingerprint density at radius 2 is 1.05 bits per heavy atom. The highest BCUT2D eigenvalue weighted by molar-refractivity contribution is 7.26. The summed E-state index contributed by atoms with van der Waals surface area (Å²) in [5.41, 5.74) is 7.74. The fourth-order valence-electron chi connectivity index (χ4n) is 6.72. The molecular formula is C38H20N4S. The molecule has 6 aromatic carbocycles. The summed E-state index contributed by atoms with van der Waals surface area (Å²) in [5.74, 6) is 0. The third-order valence-corrected chi connectivity index (χ3v) is 9.78. The number of hydrogen-bond acceptors (Lipinski definition) is 3. The van der Waals surface area contributed by atoms with Crippen molar-refractivity contribution >= 4 is 75.1 Å². The second-order valence-corrected chi connectivity index (χ2v) is 11.9. The van der Waals surface area contributed by atoms with Gasteiger partial charge in [0.2, 0.25) is 0 Å². The molecule has 5 heteroatoms. The molecule has 9 rings (SSSR count). The zero-order valence-corrected chi connectivity index (χ0v) is 23.6. The van der Waals surface area contributed by atoms with Crippen LogP contribution in [0.1, 0.15) is 11.1 Å². The number of rotatable bonds is 2. The molecule has 198 valence electrons. The summed E-state index contributed by atoms with van der Waals surface area (Å²) < 4.78 is 6.69. The molecule has 0 aliphatic rings. The average Bonchev–Trinajstić information content (AvgIpc) is 3.71. The van der Waals surface area contributed by atoms with Gasteiger partial charge in [-0.3, -0.25) is 0 Å². The lowest BCUT2D eigenvalue weighted by Gasteiger charge is -2.10. The van der Waals surface area contributed by atoms with Crippen LogP contribution in [0.15, 0.2) is 121 Å². The SMILES string of the molecule is N#Cc1ccc2c(c1)c1ccccc1n2-c1ccc2sc3c(C#N)cc(-n4c5ccccc5c5ccccc54)cc3c2c1. The second-order valence-electron chi connectivity index (χ2n) is 10.8. The molecule has 0 unspecified atom stereocenters. The van der Waals surface area contributed by atoms with Crippen LogP contribution in [-0.4, -0.2) is 9.13 Å². The maximum absolute atomic E-state index is 10.3. The van der Waals surface area contributed by atoms with Crippen molar-refractivity contribution < 1.29 is 0 Å². The number of benzene rings is 6. The van der Waals surface area contributed by atoms with Crippen molar-refractivity contribution in [1.29, 1.82) is 10.5 Å². The highest BCUT2D eigenvalue weighted by atomic mass is 32.1. The molecule has 0 aliphatic heterocycles. The number of para-hydroxylation sites is 3. The Bertz CT molecular complexity index is 2650. The summed E-state index contributed by atoms with van der Waals surface area (Å²) in [6, 6.07) is 46.8. The lowest BCUT2D eigenvalue weighted by atomic mass is 10.1. The molecule has 0 saturated carbocycles. The van der Waals surface area contributed by atoms with Gasteiger partial charge < -0.3 is 9.13 Å². The first-order valence-corrected chi connectivity index (χ1v) is 14.9. The molecule has 3 heterocycles. The molecular weight excluding hydrogens is 545 g/mol. The van der Waals surface area contributed by atoms with Crippen LogP contribution in [0.2, 0.25) is 0 Å². The minimum atomic E-state index is 0.649. The lowest BCUT2D eigenvalue weighted by Crippen LogP contribution is -1.95. The molecule has 0 radical (unpaired) electrons. The van der Waals surface area contributed by atoms with E-state index in [2.05, 4.69) is 112 Å². The van der Waals surface area contributed by atoms with Crippen LogP contribution < -0.4 is 0 Å². The van der Waals surface area contributed by atoms with Crippen LogP contribution in [0.5, 0.6) is 0 Å². The van der Waals surface area contributed by atoms with Gasteiger partial charge in [-0.1, -0.05) is 54.6 Å². The first-order chi connectivity index (χ1) is 21.2. The molecule has 0 saturated heterocycles. The van der Waals surface area contributed by atoms with E-state index in [0.29, 0.717) is 11.1 Å². The predicted molar refractivity (Wildman–Crippen MR) is 177 cm³/mol. The van der Waals surface area contributed by atoms with Gasteiger partial charge in [0.05, 0.1) is 44.0 Å². The van der Waals surface area contributed by atoms with Crippen molar-refractivity contribution in [3.63, 3.8) is 0 Å². The highest BCUT2D eigenvalue weighted by Gasteiger charge is 2.18. The summed E-state index contributed by atoms with van der Waals surface area (Å²) in [5, 5.41) is 26.6. The van der Waals surface area contributed by atoms with Crippen molar-refractivity contribution in [1.82, 2.24) is 9.13 Å². The molecule has 0 fully saturated rings. The van der Waals surface area contributed by atoms with Gasteiger partial charge in [-0.05, 0) is 66.7 Å². The van der Waals surface area contributed by atoms with Crippen molar-refractivity contribution in [3.05, 3.63) is 132 Å². The van der Waals surface area contributed by atoms with E-state index >= 15 is 0 Å². The molecule has 9 aromatic rings. The third-order valence-electron chi connectivity index (χ3n) is 8.56. The summed E-state index contributed by atoms with van der Waals surface area (Å²) in [6.07, 6.45) is 0. The minimum absolute atomic E-state index is 0.649. The van der Waals surface area contributed by atoms with Crippen molar-refractivity contribution in [3.8, 4) is 23.5 Å². The molecule has 0 amide bonds. The summed E-state index contributed by atoms with van der Waals surface area (Å²) in [4.78, 5) is 0. The lowest BCUT2D eigenvalue weighted by molar-refractivity contribution is 1.18. The van der Waals surface area contributed by atoms with Crippen LogP contribution in [-0.2, 0) is 0 Å². The fourth-order valence-corrected chi connectivity index (χ4v) is 7.85. The molecule has 3 aromatic heterocycles. The minimum Gasteiger partial charge on any atom is -0.309 e. The van der Waals surface area contributed by atoms with Gasteiger partial charge in [0, 0.05) is 48.4 Å². The number of thiophene rings is 1. The van der Waals surface area contributed by atoms with Crippen molar-refractivity contribution in [2.75, 3.05) is 0 Å². The van der Waals surface area contributed by atoms with E-state index in [-0.39, 0.29) is 0 Å². The zero-order chi connectivity index (χ0) is 28.7.